The summed E-state index contributed by atoms with van der Waals surface area (Å²) < 4.78 is 0. The van der Waals surface area contributed by atoms with Gasteiger partial charge in [-0.25, -0.2) is 4.98 Å². The third-order valence-corrected chi connectivity index (χ3v) is 3.28. The van der Waals surface area contributed by atoms with Crippen LogP contribution in [-0.4, -0.2) is 35.5 Å². The monoisotopic (exact) mass is 277 g/mol. The molecule has 0 bridgehead atoms. The fourth-order valence-corrected chi connectivity index (χ4v) is 2.27. The molecular formula is C14H19N3OS. The molecule has 1 rings (SSSR count). The molecule has 1 amide bonds. The number of carbonyl (C=O) groups excluding carboxylic acids is 1. The third kappa shape index (κ3) is 4.93. The van der Waals surface area contributed by atoms with E-state index in [0.29, 0.717) is 11.3 Å². The van der Waals surface area contributed by atoms with Crippen LogP contribution in [0, 0.1) is 11.8 Å². The van der Waals surface area contributed by atoms with E-state index in [0.717, 1.165) is 12.2 Å². The molecule has 1 heterocycles. The highest BCUT2D eigenvalue weighted by molar-refractivity contribution is 7.98. The van der Waals surface area contributed by atoms with Crippen LogP contribution in [-0.2, 0) is 0 Å². The number of carbonyl (C=O) groups is 1. The summed E-state index contributed by atoms with van der Waals surface area (Å²) in [4.78, 5) is 16.3. The van der Waals surface area contributed by atoms with Crippen LogP contribution in [0.5, 0.6) is 0 Å². The van der Waals surface area contributed by atoms with Crippen molar-refractivity contribution in [2.45, 2.75) is 19.4 Å². The highest BCUT2D eigenvalue weighted by atomic mass is 32.2. The quantitative estimate of drug-likeness (QED) is 0.795. The summed E-state index contributed by atoms with van der Waals surface area (Å²) in [5.41, 5.74) is 6.33. The molecule has 0 aliphatic rings. The number of aromatic nitrogens is 1. The lowest BCUT2D eigenvalue weighted by molar-refractivity contribution is 0.0935. The second-order valence-corrected chi connectivity index (χ2v) is 4.85. The molecule has 0 spiro atoms. The number of pyridine rings is 1. The summed E-state index contributed by atoms with van der Waals surface area (Å²) in [6, 6.07) is 3.69. The highest BCUT2D eigenvalue weighted by Gasteiger charge is 2.15. The van der Waals surface area contributed by atoms with Crippen LogP contribution in [0.15, 0.2) is 18.3 Å². The van der Waals surface area contributed by atoms with Crippen LogP contribution in [0.2, 0.25) is 0 Å². The van der Waals surface area contributed by atoms with Gasteiger partial charge in [0.1, 0.15) is 5.69 Å². The predicted molar refractivity (Wildman–Crippen MR) is 80.1 cm³/mol. The van der Waals surface area contributed by atoms with Gasteiger partial charge in [-0.05, 0) is 24.8 Å². The van der Waals surface area contributed by atoms with Crippen molar-refractivity contribution in [1.82, 2.24) is 10.3 Å². The zero-order valence-corrected chi connectivity index (χ0v) is 12.1. The van der Waals surface area contributed by atoms with Gasteiger partial charge in [0.15, 0.2) is 0 Å². The Balaban J connectivity index is 2.87. The van der Waals surface area contributed by atoms with E-state index in [1.807, 2.05) is 6.26 Å². The summed E-state index contributed by atoms with van der Waals surface area (Å²) >= 11 is 1.71. The first-order valence-electron chi connectivity index (χ1n) is 6.16. The SMILES string of the molecule is CCC(CSC)NC(=O)c1ncccc1C#CCN. The molecule has 1 aromatic rings. The first-order valence-corrected chi connectivity index (χ1v) is 7.56. The maximum atomic E-state index is 12.2. The van der Waals surface area contributed by atoms with Crippen molar-refractivity contribution >= 4 is 17.7 Å². The molecule has 0 radical (unpaired) electrons. The Hall–Kier alpha value is -1.51. The summed E-state index contributed by atoms with van der Waals surface area (Å²) in [6.07, 6.45) is 4.51. The normalized spacial score (nSPS) is 11.3. The first-order chi connectivity index (χ1) is 9.22. The van der Waals surface area contributed by atoms with E-state index in [2.05, 4.69) is 29.1 Å². The van der Waals surface area contributed by atoms with Gasteiger partial charge < -0.3 is 11.1 Å². The molecule has 4 nitrogen and oxygen atoms in total. The molecule has 0 aliphatic carbocycles. The Morgan fingerprint density at radius 3 is 3.05 bits per heavy atom. The van der Waals surface area contributed by atoms with Gasteiger partial charge in [-0.2, -0.15) is 11.8 Å². The van der Waals surface area contributed by atoms with Gasteiger partial charge in [-0.15, -0.1) is 0 Å². The molecule has 19 heavy (non-hydrogen) atoms. The number of nitrogens with one attached hydrogen (secondary N) is 1. The number of hydrogen-bond donors (Lipinski definition) is 2. The number of hydrogen-bond acceptors (Lipinski definition) is 4. The minimum Gasteiger partial charge on any atom is -0.347 e. The average molecular weight is 277 g/mol. The summed E-state index contributed by atoms with van der Waals surface area (Å²) in [7, 11) is 0. The van der Waals surface area contributed by atoms with Crippen molar-refractivity contribution in [2.75, 3.05) is 18.6 Å². The van der Waals surface area contributed by atoms with Crippen LogP contribution in [0.4, 0.5) is 0 Å². The summed E-state index contributed by atoms with van der Waals surface area (Å²) in [6.45, 7) is 2.31. The van der Waals surface area contributed by atoms with Crippen molar-refractivity contribution in [3.63, 3.8) is 0 Å². The Bertz CT molecular complexity index is 479. The Morgan fingerprint density at radius 2 is 2.42 bits per heavy atom. The number of nitrogens with two attached hydrogens (primary N) is 1. The van der Waals surface area contributed by atoms with Crippen LogP contribution in [0.3, 0.4) is 0 Å². The number of rotatable bonds is 5. The standard InChI is InChI=1S/C14H19N3OS/c1-3-12(10-19-2)17-14(18)13-11(6-4-8-15)7-5-9-16-13/h5,7,9,12H,3,8,10,15H2,1-2H3,(H,17,18). The highest BCUT2D eigenvalue weighted by Crippen LogP contribution is 2.06. The zero-order valence-electron chi connectivity index (χ0n) is 11.3. The van der Waals surface area contributed by atoms with E-state index in [1.165, 1.54) is 0 Å². The van der Waals surface area contributed by atoms with Gasteiger partial charge in [-0.1, -0.05) is 18.8 Å². The second-order valence-electron chi connectivity index (χ2n) is 3.94. The fraction of sp³-hybridized carbons (Fsp3) is 0.429. The second kappa shape index (κ2) is 8.57. The van der Waals surface area contributed by atoms with E-state index < -0.39 is 0 Å². The van der Waals surface area contributed by atoms with E-state index in [-0.39, 0.29) is 18.5 Å². The van der Waals surface area contributed by atoms with Gasteiger partial charge in [0.05, 0.1) is 12.1 Å². The van der Waals surface area contributed by atoms with Crippen LogP contribution >= 0.6 is 11.8 Å². The van der Waals surface area contributed by atoms with Gasteiger partial charge in [0.2, 0.25) is 0 Å². The molecule has 5 heteroatoms. The molecule has 1 aromatic heterocycles. The largest absolute Gasteiger partial charge is 0.347 e. The van der Waals surface area contributed by atoms with Crippen molar-refractivity contribution in [2.24, 2.45) is 5.73 Å². The third-order valence-electron chi connectivity index (χ3n) is 2.54. The van der Waals surface area contributed by atoms with Crippen molar-refractivity contribution < 1.29 is 4.79 Å². The lowest BCUT2D eigenvalue weighted by Gasteiger charge is -2.15. The maximum absolute atomic E-state index is 12.2. The Kier molecular flexibility index (Phi) is 7.01. The zero-order chi connectivity index (χ0) is 14.1. The Labute approximate surface area is 118 Å². The van der Waals surface area contributed by atoms with Crippen LogP contribution in [0.25, 0.3) is 0 Å². The summed E-state index contributed by atoms with van der Waals surface area (Å²) in [5.74, 6) is 6.33. The molecule has 1 unspecified atom stereocenters. The molecule has 0 aliphatic heterocycles. The van der Waals surface area contributed by atoms with E-state index in [4.69, 9.17) is 5.73 Å². The molecule has 0 saturated carbocycles. The van der Waals surface area contributed by atoms with E-state index >= 15 is 0 Å². The van der Waals surface area contributed by atoms with Gasteiger partial charge in [0, 0.05) is 18.0 Å². The minimum atomic E-state index is -0.178. The van der Waals surface area contributed by atoms with Gasteiger partial charge in [-0.3, -0.25) is 4.79 Å². The number of thioether (sulfide) groups is 1. The van der Waals surface area contributed by atoms with Crippen molar-refractivity contribution in [3.05, 3.63) is 29.6 Å². The molecule has 0 fully saturated rings. The smallest absolute Gasteiger partial charge is 0.271 e. The minimum absolute atomic E-state index is 0.153. The van der Waals surface area contributed by atoms with Gasteiger partial charge in [0.25, 0.3) is 5.91 Å². The lowest BCUT2D eigenvalue weighted by atomic mass is 10.1. The van der Waals surface area contributed by atoms with Crippen LogP contribution < -0.4 is 11.1 Å². The number of amides is 1. The maximum Gasteiger partial charge on any atom is 0.271 e. The molecular weight excluding hydrogens is 258 g/mol. The van der Waals surface area contributed by atoms with Gasteiger partial charge >= 0.3 is 0 Å². The topological polar surface area (TPSA) is 68.0 Å². The molecule has 0 aromatic carbocycles. The van der Waals surface area contributed by atoms with E-state index in [9.17, 15) is 4.79 Å². The lowest BCUT2D eigenvalue weighted by Crippen LogP contribution is -2.37. The fourth-order valence-electron chi connectivity index (χ4n) is 1.55. The van der Waals surface area contributed by atoms with Crippen molar-refractivity contribution in [3.8, 4) is 11.8 Å². The first kappa shape index (κ1) is 15.5. The average Bonchev–Trinajstić information content (AvgIpc) is 2.44. The van der Waals surface area contributed by atoms with E-state index in [1.54, 1.807) is 30.1 Å². The van der Waals surface area contributed by atoms with Crippen molar-refractivity contribution in [1.29, 1.82) is 0 Å². The predicted octanol–water partition coefficient (Wildman–Crippen LogP) is 1.26. The Morgan fingerprint density at radius 1 is 1.63 bits per heavy atom. The summed E-state index contributed by atoms with van der Waals surface area (Å²) in [5, 5.41) is 2.98. The molecule has 1 atom stereocenters. The number of nitrogens with zero attached hydrogens (tertiary/aromatic N) is 1. The van der Waals surface area contributed by atoms with Crippen LogP contribution in [0.1, 0.15) is 29.4 Å². The molecule has 3 N–H and O–H groups in total. The molecule has 102 valence electrons. The molecule has 0 saturated heterocycles.